The molecule has 1 aliphatic heterocycles. The number of nitrogens with zero attached hydrogens (tertiary/aromatic N) is 7. The Morgan fingerprint density at radius 3 is 2.55 bits per heavy atom. The van der Waals surface area contributed by atoms with E-state index < -0.39 is 0 Å². The second kappa shape index (κ2) is 11.0. The van der Waals surface area contributed by atoms with E-state index in [4.69, 9.17) is 19.7 Å². The quantitative estimate of drug-likeness (QED) is 0.416. The molecule has 8 nitrogen and oxygen atoms in total. The lowest BCUT2D eigenvalue weighted by atomic mass is 10.1. The van der Waals surface area contributed by atoms with Gasteiger partial charge in [0.15, 0.2) is 22.8 Å². The molecular weight excluding hydrogens is 414 g/mol. The van der Waals surface area contributed by atoms with Crippen molar-refractivity contribution in [2.75, 3.05) is 45.3 Å². The molecule has 0 radical (unpaired) electrons. The number of rotatable bonds is 6. The smallest absolute Gasteiger partial charge is 0.166 e. The summed E-state index contributed by atoms with van der Waals surface area (Å²) in [5, 5.41) is 6.30. The highest BCUT2D eigenvalue weighted by Crippen LogP contribution is 2.29. The Morgan fingerprint density at radius 1 is 1.18 bits per heavy atom. The van der Waals surface area contributed by atoms with Crippen molar-refractivity contribution in [2.24, 2.45) is 5.10 Å². The number of hydrogen-bond donors (Lipinski definition) is 0. The molecule has 33 heavy (non-hydrogen) atoms. The number of morpholine rings is 1. The van der Waals surface area contributed by atoms with Crippen molar-refractivity contribution < 1.29 is 4.74 Å². The van der Waals surface area contributed by atoms with Gasteiger partial charge in [-0.2, -0.15) is 5.10 Å². The minimum Gasteiger partial charge on any atom is -0.378 e. The standard InChI is InChI=1S/C23H29N7O.C2H6/c1-6-19(27-28(4)5)17-9-8-10-18(15-17)21-25-22(29-11-13-31-14-12-29)20-23(26-21)30(7-2)16(3)24-20;1-2/h6,8-10,15H,1,7,11-14H2,2-5H3;1-2H3/b27-19+;. The highest BCUT2D eigenvalue weighted by atomic mass is 16.5. The number of ether oxygens (including phenoxy) is 1. The van der Waals surface area contributed by atoms with Gasteiger partial charge in [-0.3, -0.25) is 0 Å². The van der Waals surface area contributed by atoms with E-state index in [-0.39, 0.29) is 0 Å². The van der Waals surface area contributed by atoms with Crippen molar-refractivity contribution in [2.45, 2.75) is 34.2 Å². The van der Waals surface area contributed by atoms with Gasteiger partial charge in [0.05, 0.1) is 18.9 Å². The molecule has 0 spiro atoms. The summed E-state index contributed by atoms with van der Waals surface area (Å²) >= 11 is 0. The third-order valence-electron chi connectivity index (χ3n) is 5.31. The van der Waals surface area contributed by atoms with Gasteiger partial charge < -0.3 is 19.2 Å². The molecule has 0 unspecified atom stereocenters. The first-order valence-corrected chi connectivity index (χ1v) is 11.6. The number of benzene rings is 1. The zero-order valence-electron chi connectivity index (χ0n) is 20.7. The summed E-state index contributed by atoms with van der Waals surface area (Å²) in [5.74, 6) is 2.49. The number of anilines is 1. The fourth-order valence-electron chi connectivity index (χ4n) is 3.85. The minimum atomic E-state index is 0.679. The van der Waals surface area contributed by atoms with Gasteiger partial charge in [0.25, 0.3) is 0 Å². The topological polar surface area (TPSA) is 71.7 Å². The summed E-state index contributed by atoms with van der Waals surface area (Å²) in [5.41, 5.74) is 4.42. The molecule has 2 aromatic heterocycles. The molecule has 0 N–H and O–H groups in total. The SMILES string of the molecule is C=C/C(=N\N(C)C)c1cccc(-c2nc(N3CCOCC3)c3nc(C)n(CC)c3n2)c1.CC. The Bertz CT molecular complexity index is 1130. The summed E-state index contributed by atoms with van der Waals surface area (Å²) in [6, 6.07) is 8.12. The van der Waals surface area contributed by atoms with Crippen LogP contribution in [0.2, 0.25) is 0 Å². The van der Waals surface area contributed by atoms with Crippen molar-refractivity contribution in [3.63, 3.8) is 0 Å². The second-order valence-corrected chi connectivity index (χ2v) is 7.66. The predicted octanol–water partition coefficient (Wildman–Crippen LogP) is 4.14. The maximum Gasteiger partial charge on any atom is 0.166 e. The molecule has 0 aliphatic carbocycles. The summed E-state index contributed by atoms with van der Waals surface area (Å²) in [6.07, 6.45) is 1.76. The van der Waals surface area contributed by atoms with Crippen molar-refractivity contribution in [1.82, 2.24) is 24.5 Å². The first kappa shape index (κ1) is 24.4. The molecule has 8 heteroatoms. The van der Waals surface area contributed by atoms with Gasteiger partial charge in [-0.1, -0.05) is 38.6 Å². The molecule has 4 rings (SSSR count). The van der Waals surface area contributed by atoms with E-state index in [0.29, 0.717) is 19.0 Å². The summed E-state index contributed by atoms with van der Waals surface area (Å²) in [7, 11) is 3.79. The molecular formula is C25H35N7O. The van der Waals surface area contributed by atoms with Gasteiger partial charge >= 0.3 is 0 Å². The molecule has 1 fully saturated rings. The van der Waals surface area contributed by atoms with Crippen LogP contribution < -0.4 is 4.90 Å². The van der Waals surface area contributed by atoms with Crippen LogP contribution in [0, 0.1) is 6.92 Å². The molecule has 1 aliphatic rings. The fraction of sp³-hybridized carbons (Fsp3) is 0.440. The number of allylic oxidation sites excluding steroid dienone is 1. The first-order chi connectivity index (χ1) is 16.0. The lowest BCUT2D eigenvalue weighted by molar-refractivity contribution is 0.122. The molecule has 176 valence electrons. The molecule has 0 atom stereocenters. The largest absolute Gasteiger partial charge is 0.378 e. The van der Waals surface area contributed by atoms with E-state index in [2.05, 4.69) is 34.1 Å². The Kier molecular flexibility index (Phi) is 8.16. The predicted molar refractivity (Wildman–Crippen MR) is 136 cm³/mol. The van der Waals surface area contributed by atoms with Crippen molar-refractivity contribution in [3.8, 4) is 11.4 Å². The van der Waals surface area contributed by atoms with E-state index in [9.17, 15) is 0 Å². The Balaban J connectivity index is 0.00000149. The zero-order valence-corrected chi connectivity index (χ0v) is 20.7. The number of fused-ring (bicyclic) bond motifs is 1. The second-order valence-electron chi connectivity index (χ2n) is 7.66. The van der Waals surface area contributed by atoms with Crippen LogP contribution in [0.1, 0.15) is 32.2 Å². The molecule has 0 amide bonds. The molecule has 0 saturated carbocycles. The van der Waals surface area contributed by atoms with Crippen molar-refractivity contribution in [1.29, 1.82) is 0 Å². The summed E-state index contributed by atoms with van der Waals surface area (Å²) < 4.78 is 7.68. The maximum absolute atomic E-state index is 5.55. The third kappa shape index (κ3) is 5.22. The number of hydrazone groups is 1. The van der Waals surface area contributed by atoms with E-state index in [0.717, 1.165) is 59.3 Å². The lowest BCUT2D eigenvalue weighted by Gasteiger charge is -2.28. The number of imidazole rings is 1. The van der Waals surface area contributed by atoms with E-state index in [1.807, 2.05) is 53.1 Å². The summed E-state index contributed by atoms with van der Waals surface area (Å²) in [6.45, 7) is 15.8. The number of hydrogen-bond acceptors (Lipinski definition) is 7. The summed E-state index contributed by atoms with van der Waals surface area (Å²) in [4.78, 5) is 17.0. The van der Waals surface area contributed by atoms with Gasteiger partial charge in [-0.15, -0.1) is 0 Å². The van der Waals surface area contributed by atoms with Gasteiger partial charge in [0, 0.05) is 44.9 Å². The zero-order chi connectivity index (χ0) is 24.0. The minimum absolute atomic E-state index is 0.679. The van der Waals surface area contributed by atoms with Gasteiger partial charge in [0.1, 0.15) is 5.82 Å². The maximum atomic E-state index is 5.55. The Hall–Kier alpha value is -3.26. The van der Waals surface area contributed by atoms with Crippen LogP contribution in [0.4, 0.5) is 5.82 Å². The molecule has 0 bridgehead atoms. The lowest BCUT2D eigenvalue weighted by Crippen LogP contribution is -2.37. The number of aromatic nitrogens is 4. The van der Waals surface area contributed by atoms with Crippen LogP contribution in [0.5, 0.6) is 0 Å². The van der Waals surface area contributed by atoms with Crippen LogP contribution in [-0.4, -0.2) is 70.6 Å². The van der Waals surface area contributed by atoms with Gasteiger partial charge in [-0.25, -0.2) is 15.0 Å². The Labute approximate surface area is 196 Å². The monoisotopic (exact) mass is 449 g/mol. The van der Waals surface area contributed by atoms with E-state index >= 15 is 0 Å². The molecule has 1 saturated heterocycles. The van der Waals surface area contributed by atoms with Crippen LogP contribution in [0.25, 0.3) is 22.6 Å². The van der Waals surface area contributed by atoms with Crippen molar-refractivity contribution in [3.05, 3.63) is 48.3 Å². The van der Waals surface area contributed by atoms with E-state index in [1.54, 1.807) is 11.1 Å². The fourth-order valence-corrected chi connectivity index (χ4v) is 3.85. The highest BCUT2D eigenvalue weighted by Gasteiger charge is 2.22. The van der Waals surface area contributed by atoms with Gasteiger partial charge in [-0.05, 0) is 26.0 Å². The average Bonchev–Trinajstić information content (AvgIpc) is 3.18. The van der Waals surface area contributed by atoms with Crippen LogP contribution in [0.3, 0.4) is 0 Å². The van der Waals surface area contributed by atoms with Crippen LogP contribution >= 0.6 is 0 Å². The number of aryl methyl sites for hydroxylation is 2. The van der Waals surface area contributed by atoms with Crippen LogP contribution in [-0.2, 0) is 11.3 Å². The average molecular weight is 450 g/mol. The molecule has 3 aromatic rings. The Morgan fingerprint density at radius 2 is 1.91 bits per heavy atom. The molecule has 3 heterocycles. The molecule has 1 aromatic carbocycles. The normalized spacial score (nSPS) is 14.1. The van der Waals surface area contributed by atoms with E-state index in [1.165, 1.54) is 0 Å². The highest BCUT2D eigenvalue weighted by molar-refractivity contribution is 6.08. The first-order valence-electron chi connectivity index (χ1n) is 11.6. The van der Waals surface area contributed by atoms with Gasteiger partial charge in [0.2, 0.25) is 0 Å². The third-order valence-corrected chi connectivity index (χ3v) is 5.31. The van der Waals surface area contributed by atoms with Crippen molar-refractivity contribution >= 4 is 22.7 Å². The van der Waals surface area contributed by atoms with Crippen LogP contribution in [0.15, 0.2) is 42.0 Å².